The third kappa shape index (κ3) is 4.04. The topological polar surface area (TPSA) is 41.6 Å². The summed E-state index contributed by atoms with van der Waals surface area (Å²) in [5.41, 5.74) is 2.37. The van der Waals surface area contributed by atoms with Crippen LogP contribution < -0.4 is 5.32 Å². The summed E-state index contributed by atoms with van der Waals surface area (Å²) in [6, 6.07) is 8.14. The zero-order valence-corrected chi connectivity index (χ0v) is 11.7. The van der Waals surface area contributed by atoms with Crippen molar-refractivity contribution in [3.63, 3.8) is 0 Å². The molecule has 0 radical (unpaired) electrons. The number of morpholine rings is 1. The average Bonchev–Trinajstić information content (AvgIpc) is 2.46. The predicted molar refractivity (Wildman–Crippen MR) is 74.9 cm³/mol. The summed E-state index contributed by atoms with van der Waals surface area (Å²) >= 11 is 0. The summed E-state index contributed by atoms with van der Waals surface area (Å²) in [6.07, 6.45) is 0. The molecule has 0 saturated carbocycles. The fourth-order valence-electron chi connectivity index (χ4n) is 2.17. The zero-order chi connectivity index (χ0) is 13.7. The molecule has 1 fully saturated rings. The van der Waals surface area contributed by atoms with Gasteiger partial charge in [0, 0.05) is 19.6 Å². The minimum absolute atomic E-state index is 0.0856. The van der Waals surface area contributed by atoms with Gasteiger partial charge in [0.2, 0.25) is 5.91 Å². The van der Waals surface area contributed by atoms with Gasteiger partial charge in [0.15, 0.2) is 0 Å². The van der Waals surface area contributed by atoms with Crippen LogP contribution >= 0.6 is 0 Å². The molecular weight excluding hydrogens is 240 g/mol. The van der Waals surface area contributed by atoms with Crippen LogP contribution in [0.2, 0.25) is 0 Å². The molecule has 0 bridgehead atoms. The first-order chi connectivity index (χ1) is 9.16. The molecule has 1 aliphatic heterocycles. The second-order valence-corrected chi connectivity index (χ2v) is 5.03. The Labute approximate surface area is 114 Å². The van der Waals surface area contributed by atoms with E-state index in [1.807, 2.05) is 6.92 Å². The number of ether oxygens (including phenoxy) is 1. The van der Waals surface area contributed by atoms with Crippen molar-refractivity contribution in [2.45, 2.75) is 26.4 Å². The van der Waals surface area contributed by atoms with Crippen molar-refractivity contribution in [1.29, 1.82) is 0 Å². The maximum atomic E-state index is 12.1. The number of carbonyl (C=O) groups excluding carboxylic acids is 1. The number of amides is 1. The van der Waals surface area contributed by atoms with Crippen molar-refractivity contribution in [2.24, 2.45) is 0 Å². The summed E-state index contributed by atoms with van der Waals surface area (Å²) in [5.74, 6) is 0.0856. The molecule has 0 aliphatic carbocycles. The van der Waals surface area contributed by atoms with E-state index in [1.54, 1.807) is 0 Å². The number of carbonyl (C=O) groups is 1. The van der Waals surface area contributed by atoms with Gasteiger partial charge < -0.3 is 10.1 Å². The number of hydrogen-bond donors (Lipinski definition) is 1. The fourth-order valence-corrected chi connectivity index (χ4v) is 2.17. The molecule has 1 heterocycles. The van der Waals surface area contributed by atoms with Gasteiger partial charge in [0.05, 0.1) is 19.3 Å². The highest BCUT2D eigenvalue weighted by atomic mass is 16.5. The molecule has 4 nitrogen and oxygen atoms in total. The maximum absolute atomic E-state index is 12.1. The number of rotatable bonds is 4. The van der Waals surface area contributed by atoms with E-state index in [0.717, 1.165) is 31.9 Å². The van der Waals surface area contributed by atoms with Gasteiger partial charge in [-0.15, -0.1) is 0 Å². The average molecular weight is 262 g/mol. The number of aryl methyl sites for hydroxylation is 1. The Balaban J connectivity index is 1.81. The minimum Gasteiger partial charge on any atom is -0.379 e. The van der Waals surface area contributed by atoms with Crippen molar-refractivity contribution in [2.75, 3.05) is 26.3 Å². The first kappa shape index (κ1) is 14.0. The number of nitrogens with zero attached hydrogens (tertiary/aromatic N) is 1. The first-order valence-corrected chi connectivity index (χ1v) is 6.82. The Morgan fingerprint density at radius 1 is 1.32 bits per heavy atom. The largest absolute Gasteiger partial charge is 0.379 e. The molecule has 1 N–H and O–H groups in total. The van der Waals surface area contributed by atoms with Crippen molar-refractivity contribution >= 4 is 5.91 Å². The van der Waals surface area contributed by atoms with E-state index in [2.05, 4.69) is 41.4 Å². The van der Waals surface area contributed by atoms with Gasteiger partial charge in [-0.2, -0.15) is 0 Å². The lowest BCUT2D eigenvalue weighted by Crippen LogP contribution is -2.49. The van der Waals surface area contributed by atoms with E-state index < -0.39 is 0 Å². The number of benzene rings is 1. The van der Waals surface area contributed by atoms with Crippen LogP contribution in [0.1, 0.15) is 18.1 Å². The third-order valence-electron chi connectivity index (χ3n) is 3.56. The summed E-state index contributed by atoms with van der Waals surface area (Å²) in [7, 11) is 0. The molecule has 104 valence electrons. The Hall–Kier alpha value is -1.39. The quantitative estimate of drug-likeness (QED) is 0.890. The standard InChI is InChI=1S/C15H22N2O2/c1-12-3-5-14(6-4-12)11-16-15(18)13(2)17-7-9-19-10-8-17/h3-6,13H,7-11H2,1-2H3,(H,16,18). The number of nitrogens with one attached hydrogen (secondary N) is 1. The molecule has 1 aromatic rings. The highest BCUT2D eigenvalue weighted by Gasteiger charge is 2.22. The fraction of sp³-hybridized carbons (Fsp3) is 0.533. The van der Waals surface area contributed by atoms with Gasteiger partial charge in [-0.1, -0.05) is 29.8 Å². The Morgan fingerprint density at radius 2 is 1.95 bits per heavy atom. The molecule has 1 saturated heterocycles. The van der Waals surface area contributed by atoms with Crippen LogP contribution in [0, 0.1) is 6.92 Å². The van der Waals surface area contributed by atoms with Crippen LogP contribution in [0.15, 0.2) is 24.3 Å². The molecule has 1 atom stereocenters. The van der Waals surface area contributed by atoms with E-state index in [4.69, 9.17) is 4.74 Å². The molecule has 0 aromatic heterocycles. The third-order valence-corrected chi connectivity index (χ3v) is 3.56. The molecule has 1 aromatic carbocycles. The normalized spacial score (nSPS) is 18.0. The van der Waals surface area contributed by atoms with Crippen LogP contribution in [-0.2, 0) is 16.1 Å². The summed E-state index contributed by atoms with van der Waals surface area (Å²) < 4.78 is 5.30. The lowest BCUT2D eigenvalue weighted by Gasteiger charge is -2.31. The van der Waals surface area contributed by atoms with Crippen LogP contribution in [0.5, 0.6) is 0 Å². The highest BCUT2D eigenvalue weighted by Crippen LogP contribution is 2.05. The van der Waals surface area contributed by atoms with Crippen molar-refractivity contribution < 1.29 is 9.53 Å². The molecule has 2 rings (SSSR count). The second-order valence-electron chi connectivity index (χ2n) is 5.03. The van der Waals surface area contributed by atoms with Gasteiger partial charge in [0.1, 0.15) is 0 Å². The van der Waals surface area contributed by atoms with Crippen molar-refractivity contribution in [3.8, 4) is 0 Å². The predicted octanol–water partition coefficient (Wildman–Crippen LogP) is 1.33. The van der Waals surface area contributed by atoms with Gasteiger partial charge >= 0.3 is 0 Å². The molecular formula is C15H22N2O2. The van der Waals surface area contributed by atoms with E-state index in [-0.39, 0.29) is 11.9 Å². The van der Waals surface area contributed by atoms with Crippen molar-refractivity contribution in [3.05, 3.63) is 35.4 Å². The lowest BCUT2D eigenvalue weighted by atomic mass is 10.1. The molecule has 4 heteroatoms. The lowest BCUT2D eigenvalue weighted by molar-refractivity contribution is -0.127. The van der Waals surface area contributed by atoms with E-state index in [9.17, 15) is 4.79 Å². The van der Waals surface area contributed by atoms with Gasteiger partial charge in [-0.25, -0.2) is 0 Å². The molecule has 1 aliphatic rings. The Morgan fingerprint density at radius 3 is 2.58 bits per heavy atom. The van der Waals surface area contributed by atoms with E-state index in [1.165, 1.54) is 5.56 Å². The summed E-state index contributed by atoms with van der Waals surface area (Å²) in [5, 5.41) is 2.99. The monoisotopic (exact) mass is 262 g/mol. The van der Waals surface area contributed by atoms with Crippen LogP contribution in [0.3, 0.4) is 0 Å². The van der Waals surface area contributed by atoms with Crippen LogP contribution in [0.25, 0.3) is 0 Å². The van der Waals surface area contributed by atoms with Crippen LogP contribution in [-0.4, -0.2) is 43.2 Å². The summed E-state index contributed by atoms with van der Waals surface area (Å²) in [6.45, 7) is 7.70. The second kappa shape index (κ2) is 6.68. The van der Waals surface area contributed by atoms with Gasteiger partial charge in [-0.3, -0.25) is 9.69 Å². The van der Waals surface area contributed by atoms with Crippen LogP contribution in [0.4, 0.5) is 0 Å². The van der Waals surface area contributed by atoms with Gasteiger partial charge in [0.25, 0.3) is 0 Å². The molecule has 19 heavy (non-hydrogen) atoms. The van der Waals surface area contributed by atoms with Crippen molar-refractivity contribution in [1.82, 2.24) is 10.2 Å². The molecule has 1 unspecified atom stereocenters. The SMILES string of the molecule is Cc1ccc(CNC(=O)C(C)N2CCOCC2)cc1. The number of hydrogen-bond acceptors (Lipinski definition) is 3. The van der Waals surface area contributed by atoms with E-state index >= 15 is 0 Å². The molecule has 0 spiro atoms. The van der Waals surface area contributed by atoms with E-state index in [0.29, 0.717) is 6.54 Å². The Kier molecular flexibility index (Phi) is 4.93. The zero-order valence-electron chi connectivity index (χ0n) is 11.7. The highest BCUT2D eigenvalue weighted by molar-refractivity contribution is 5.81. The minimum atomic E-state index is -0.0886. The Bertz CT molecular complexity index is 411. The van der Waals surface area contributed by atoms with Gasteiger partial charge in [-0.05, 0) is 19.4 Å². The molecule has 1 amide bonds. The maximum Gasteiger partial charge on any atom is 0.237 e. The smallest absolute Gasteiger partial charge is 0.237 e. The summed E-state index contributed by atoms with van der Waals surface area (Å²) in [4.78, 5) is 14.2. The first-order valence-electron chi connectivity index (χ1n) is 6.82.